The van der Waals surface area contributed by atoms with Gasteiger partial charge < -0.3 is 10.1 Å². The number of nitrogens with one attached hydrogen (secondary N) is 1. The highest BCUT2D eigenvalue weighted by Gasteiger charge is 2.38. The lowest BCUT2D eigenvalue weighted by molar-refractivity contribution is -0.142. The molecule has 0 saturated heterocycles. The second kappa shape index (κ2) is 9.80. The molecule has 2 rings (SSSR count). The highest BCUT2D eigenvalue weighted by atomic mass is 79.9. The number of carbonyl (C=O) groups is 1. The molecule has 31 heavy (non-hydrogen) atoms. The van der Waals surface area contributed by atoms with Gasteiger partial charge in [0.1, 0.15) is 5.75 Å². The lowest BCUT2D eigenvalue weighted by Gasteiger charge is -2.15. The van der Waals surface area contributed by atoms with Gasteiger partial charge in [-0.25, -0.2) is 4.98 Å². The van der Waals surface area contributed by atoms with E-state index in [-0.39, 0.29) is 32.9 Å². The average Bonchev–Trinajstić information content (AvgIpc) is 2.68. The number of allylic oxidation sites excluding steroid dienone is 2. The minimum atomic E-state index is -4.98. The molecule has 0 radical (unpaired) electrons. The summed E-state index contributed by atoms with van der Waals surface area (Å²) in [5, 5.41) is 11.4. The van der Waals surface area contributed by atoms with E-state index < -0.39 is 29.1 Å². The third-order valence-electron chi connectivity index (χ3n) is 3.63. The number of benzene rings is 1. The molecule has 12 heteroatoms. The average molecular weight is 518 g/mol. The Morgan fingerprint density at radius 3 is 2.71 bits per heavy atom. The number of nitriles is 1. The van der Waals surface area contributed by atoms with Gasteiger partial charge in [0, 0.05) is 12.1 Å². The van der Waals surface area contributed by atoms with Gasteiger partial charge in [0.15, 0.2) is 5.69 Å². The highest BCUT2D eigenvalue weighted by molar-refractivity contribution is 9.12. The second-order valence-corrected chi connectivity index (χ2v) is 7.26. The van der Waals surface area contributed by atoms with Gasteiger partial charge in [0.2, 0.25) is 5.75 Å². The largest absolute Gasteiger partial charge is 0.449 e. The van der Waals surface area contributed by atoms with Crippen molar-refractivity contribution in [3.63, 3.8) is 0 Å². The van der Waals surface area contributed by atoms with Crippen LogP contribution in [-0.2, 0) is 17.5 Å². The lowest BCUT2D eigenvalue weighted by atomic mass is 10.2. The summed E-state index contributed by atoms with van der Waals surface area (Å²) in [4.78, 5) is 27.6. The predicted octanol–water partition coefficient (Wildman–Crippen LogP) is 4.16. The molecule has 1 heterocycles. The summed E-state index contributed by atoms with van der Waals surface area (Å²) in [7, 11) is 1.40. The molecule has 1 amide bonds. The minimum Gasteiger partial charge on any atom is -0.449 e. The van der Waals surface area contributed by atoms with E-state index in [1.165, 1.54) is 19.2 Å². The molecule has 1 aromatic carbocycles. The summed E-state index contributed by atoms with van der Waals surface area (Å²) in [5.41, 5.74) is -2.44. The van der Waals surface area contributed by atoms with E-state index in [4.69, 9.17) is 21.6 Å². The molecule has 0 atom stereocenters. The van der Waals surface area contributed by atoms with Crippen molar-refractivity contribution in [1.82, 2.24) is 14.9 Å². The van der Waals surface area contributed by atoms with Gasteiger partial charge in [-0.15, -0.1) is 0 Å². The first-order valence-corrected chi connectivity index (χ1v) is 9.45. The fourth-order valence-corrected chi connectivity index (χ4v) is 3.06. The van der Waals surface area contributed by atoms with Gasteiger partial charge in [-0.2, -0.15) is 18.4 Å². The number of hydrogen-bond acceptors (Lipinski definition) is 5. The Morgan fingerprint density at radius 1 is 1.45 bits per heavy atom. The smallest absolute Gasteiger partial charge is 0.437 e. The van der Waals surface area contributed by atoms with Crippen LogP contribution in [0.4, 0.5) is 13.2 Å². The monoisotopic (exact) mass is 516 g/mol. The van der Waals surface area contributed by atoms with Crippen LogP contribution in [0.1, 0.15) is 11.3 Å². The normalized spacial score (nSPS) is 11.6. The van der Waals surface area contributed by atoms with Crippen molar-refractivity contribution in [2.45, 2.75) is 12.7 Å². The molecular formula is C19H13BrClF3N4O3. The molecule has 1 aromatic heterocycles. The lowest BCUT2D eigenvalue weighted by Crippen LogP contribution is -2.26. The fourth-order valence-electron chi connectivity index (χ4n) is 2.31. The van der Waals surface area contributed by atoms with Crippen LogP contribution in [0.3, 0.4) is 0 Å². The van der Waals surface area contributed by atoms with E-state index >= 15 is 0 Å². The van der Waals surface area contributed by atoms with E-state index in [0.29, 0.717) is 6.33 Å². The Kier molecular flexibility index (Phi) is 7.65. The Labute approximate surface area is 187 Å². The van der Waals surface area contributed by atoms with Gasteiger partial charge in [0.25, 0.3) is 11.5 Å². The van der Waals surface area contributed by atoms with E-state index in [2.05, 4.69) is 32.8 Å². The minimum absolute atomic E-state index is 0.0258. The molecule has 0 aliphatic rings. The highest BCUT2D eigenvalue weighted by Crippen LogP contribution is 2.35. The van der Waals surface area contributed by atoms with Crippen molar-refractivity contribution in [3.8, 4) is 17.6 Å². The van der Waals surface area contributed by atoms with Gasteiger partial charge in [-0.05, 0) is 45.8 Å². The molecule has 0 fully saturated rings. The maximum Gasteiger partial charge on any atom is 0.437 e. The summed E-state index contributed by atoms with van der Waals surface area (Å²) in [5.74, 6) is -1.80. The van der Waals surface area contributed by atoms with Gasteiger partial charge in [-0.3, -0.25) is 14.2 Å². The van der Waals surface area contributed by atoms with Crippen LogP contribution in [0.25, 0.3) is 0 Å². The summed E-state index contributed by atoms with van der Waals surface area (Å²) in [6.45, 7) is 3.40. The van der Waals surface area contributed by atoms with Crippen LogP contribution >= 0.6 is 27.5 Å². The van der Waals surface area contributed by atoms with Crippen molar-refractivity contribution < 1.29 is 22.7 Å². The predicted molar refractivity (Wildman–Crippen MR) is 110 cm³/mol. The van der Waals surface area contributed by atoms with E-state index in [1.54, 1.807) is 6.07 Å². The maximum absolute atomic E-state index is 13.4. The van der Waals surface area contributed by atoms with Crippen LogP contribution in [0.15, 0.2) is 52.0 Å². The van der Waals surface area contributed by atoms with Crippen molar-refractivity contribution in [2.24, 2.45) is 0 Å². The van der Waals surface area contributed by atoms with Crippen molar-refractivity contribution in [2.75, 3.05) is 7.05 Å². The number of halogens is 5. The van der Waals surface area contributed by atoms with Crippen molar-refractivity contribution in [3.05, 3.63) is 73.9 Å². The number of rotatable bonds is 6. The number of alkyl halides is 3. The number of nitrogens with zero attached hydrogens (tertiary/aromatic N) is 3. The van der Waals surface area contributed by atoms with Gasteiger partial charge in [0.05, 0.1) is 29.0 Å². The Balaban J connectivity index is 2.51. The first-order chi connectivity index (χ1) is 14.5. The summed E-state index contributed by atoms with van der Waals surface area (Å²) in [6.07, 6.45) is -2.98. The van der Waals surface area contributed by atoms with Crippen LogP contribution in [-0.4, -0.2) is 22.5 Å². The summed E-state index contributed by atoms with van der Waals surface area (Å²) < 4.78 is 46.3. The van der Waals surface area contributed by atoms with Crippen LogP contribution in [0.2, 0.25) is 5.02 Å². The quantitative estimate of drug-likeness (QED) is 0.458. The summed E-state index contributed by atoms with van der Waals surface area (Å²) >= 11 is 8.87. The van der Waals surface area contributed by atoms with Crippen LogP contribution < -0.4 is 15.6 Å². The number of amides is 1. The zero-order chi connectivity index (χ0) is 23.3. The Morgan fingerprint density at radius 2 is 2.13 bits per heavy atom. The standard InChI is InChI=1S/C19H13BrClF3N4O3/c1-10(3-14(20)17(29)26-2)8-28-9-27-16(19(22,23)24)15(18(28)30)31-13-5-11(7-25)4-12(21)6-13/h3-6,9H,1,8H2,2H3,(H,26,29)/b14-3+. The zero-order valence-electron chi connectivity index (χ0n) is 15.8. The first-order valence-electron chi connectivity index (χ1n) is 8.28. The molecule has 162 valence electrons. The van der Waals surface area contributed by atoms with E-state index in [9.17, 15) is 22.8 Å². The third kappa shape index (κ3) is 6.19. The molecule has 2 aromatic rings. The number of aromatic nitrogens is 2. The number of likely N-dealkylation sites (N-methyl/N-ethyl adjacent to an activating group) is 1. The first kappa shape index (κ1) is 24.2. The number of carbonyl (C=O) groups excluding carboxylic acids is 1. The SMILES string of the molecule is C=C(/C=C(/Br)C(=O)NC)Cn1cnc(C(F)(F)F)c(Oc2cc(Cl)cc(C#N)c2)c1=O. The number of ether oxygens (including phenoxy) is 1. The maximum atomic E-state index is 13.4. The van der Waals surface area contributed by atoms with Crippen LogP contribution in [0, 0.1) is 11.3 Å². The topological polar surface area (TPSA) is 97.0 Å². The van der Waals surface area contributed by atoms with Crippen molar-refractivity contribution >= 4 is 33.4 Å². The molecule has 1 N–H and O–H groups in total. The fraction of sp³-hybridized carbons (Fsp3) is 0.158. The molecular weight excluding hydrogens is 505 g/mol. The molecule has 0 aliphatic heterocycles. The van der Waals surface area contributed by atoms with Gasteiger partial charge >= 0.3 is 6.18 Å². The number of hydrogen-bond donors (Lipinski definition) is 1. The molecule has 0 bridgehead atoms. The van der Waals surface area contributed by atoms with Crippen LogP contribution in [0.5, 0.6) is 11.5 Å². The molecule has 0 unspecified atom stereocenters. The molecule has 7 nitrogen and oxygen atoms in total. The Bertz CT molecular complexity index is 1170. The van der Waals surface area contributed by atoms with Gasteiger partial charge in [-0.1, -0.05) is 18.2 Å². The van der Waals surface area contributed by atoms with Crippen molar-refractivity contribution in [1.29, 1.82) is 5.26 Å². The summed E-state index contributed by atoms with van der Waals surface area (Å²) in [6, 6.07) is 5.35. The van der Waals surface area contributed by atoms with E-state index in [0.717, 1.165) is 16.7 Å². The van der Waals surface area contributed by atoms with E-state index in [1.807, 2.05) is 0 Å². The third-order valence-corrected chi connectivity index (χ3v) is 4.44. The zero-order valence-corrected chi connectivity index (χ0v) is 18.1. The molecule has 0 aliphatic carbocycles. The Hall–Kier alpha value is -3.10. The second-order valence-electron chi connectivity index (χ2n) is 5.97. The molecule has 0 spiro atoms. The molecule has 0 saturated carbocycles.